The largest absolute Gasteiger partial charge is 0.479 e. The van der Waals surface area contributed by atoms with Crippen LogP contribution in [-0.2, 0) is 15.1 Å². The highest BCUT2D eigenvalue weighted by Crippen LogP contribution is 2.41. The van der Waals surface area contributed by atoms with Gasteiger partial charge in [-0.05, 0) is 91.9 Å². The third kappa shape index (κ3) is 6.09. The molecule has 5 heteroatoms. The maximum atomic E-state index is 12.5. The lowest BCUT2D eigenvalue weighted by Crippen LogP contribution is -2.28. The molecule has 0 spiro atoms. The zero-order valence-electron chi connectivity index (χ0n) is 22.2. The van der Waals surface area contributed by atoms with Crippen molar-refractivity contribution >= 4 is 28.3 Å². The first-order valence-corrected chi connectivity index (χ1v) is 12.8. The van der Waals surface area contributed by atoms with Crippen LogP contribution in [0.1, 0.15) is 56.1 Å². The number of aliphatic hydroxyl groups is 1. The minimum Gasteiger partial charge on any atom is -0.479 e. The summed E-state index contributed by atoms with van der Waals surface area (Å²) in [4.78, 5) is 12.5. The topological polar surface area (TPSA) is 66.8 Å². The Labute approximate surface area is 228 Å². The van der Waals surface area contributed by atoms with Gasteiger partial charge in [-0.1, -0.05) is 78.0 Å². The summed E-state index contributed by atoms with van der Waals surface area (Å²) < 4.78 is 6.09. The van der Waals surface area contributed by atoms with E-state index in [9.17, 15) is 15.0 Å². The number of halogens is 1. The predicted molar refractivity (Wildman–Crippen MR) is 153 cm³/mol. The molecule has 0 radical (unpaired) electrons. The molecule has 0 aliphatic heterocycles. The monoisotopic (exact) mass is 526 g/mol. The van der Waals surface area contributed by atoms with Crippen LogP contribution < -0.4 is 0 Å². The summed E-state index contributed by atoms with van der Waals surface area (Å²) in [6.07, 6.45) is -1.18. The Hall–Kier alpha value is -3.62. The second-order valence-corrected chi connectivity index (χ2v) is 11.0. The fourth-order valence-corrected chi connectivity index (χ4v) is 4.64. The number of carbonyl (C=O) groups is 1. The van der Waals surface area contributed by atoms with Crippen molar-refractivity contribution in [1.29, 1.82) is 0 Å². The van der Waals surface area contributed by atoms with E-state index in [1.54, 1.807) is 19.1 Å². The van der Waals surface area contributed by atoms with Crippen molar-refractivity contribution in [2.75, 3.05) is 0 Å². The van der Waals surface area contributed by atoms with E-state index in [2.05, 4.69) is 11.8 Å². The van der Waals surface area contributed by atoms with Crippen molar-refractivity contribution in [3.63, 3.8) is 0 Å². The zero-order valence-corrected chi connectivity index (χ0v) is 22.9. The van der Waals surface area contributed by atoms with Crippen LogP contribution >= 0.6 is 11.6 Å². The van der Waals surface area contributed by atoms with Crippen molar-refractivity contribution in [2.45, 2.75) is 51.9 Å². The van der Waals surface area contributed by atoms with Gasteiger partial charge < -0.3 is 14.9 Å². The fourth-order valence-electron chi connectivity index (χ4n) is 4.51. The van der Waals surface area contributed by atoms with Gasteiger partial charge in [0.25, 0.3) is 0 Å². The molecule has 0 bridgehead atoms. The molecule has 4 nitrogen and oxygen atoms in total. The van der Waals surface area contributed by atoms with Gasteiger partial charge in [0.15, 0.2) is 6.10 Å². The Morgan fingerprint density at radius 3 is 2.21 bits per heavy atom. The van der Waals surface area contributed by atoms with Crippen molar-refractivity contribution in [3.8, 4) is 23.0 Å². The minimum absolute atomic E-state index is 0.586. The first-order chi connectivity index (χ1) is 17.9. The van der Waals surface area contributed by atoms with Crippen LogP contribution in [0.4, 0.5) is 0 Å². The Kier molecular flexibility index (Phi) is 7.67. The molecule has 2 N–H and O–H groups in total. The molecule has 0 amide bonds. The lowest BCUT2D eigenvalue weighted by Gasteiger charge is -2.28. The number of rotatable bonds is 5. The van der Waals surface area contributed by atoms with E-state index >= 15 is 0 Å². The lowest BCUT2D eigenvalue weighted by molar-refractivity contribution is -0.160. The maximum Gasteiger partial charge on any atom is 0.337 e. The molecule has 0 aromatic heterocycles. The molecule has 0 saturated heterocycles. The number of hydrogen-bond acceptors (Lipinski definition) is 3. The van der Waals surface area contributed by atoms with Gasteiger partial charge in [0.05, 0.1) is 5.60 Å². The molecule has 0 aliphatic rings. The molecule has 0 heterocycles. The number of hydrogen-bond donors (Lipinski definition) is 2. The molecule has 4 aromatic rings. The van der Waals surface area contributed by atoms with Gasteiger partial charge in [-0.15, -0.1) is 0 Å². The quantitative estimate of drug-likeness (QED) is 0.262. The van der Waals surface area contributed by atoms with Gasteiger partial charge in [-0.2, -0.15) is 0 Å². The van der Waals surface area contributed by atoms with Gasteiger partial charge in [-0.25, -0.2) is 4.79 Å². The van der Waals surface area contributed by atoms with Crippen LogP contribution in [0.25, 0.3) is 21.9 Å². The van der Waals surface area contributed by atoms with E-state index in [0.717, 1.165) is 27.5 Å². The smallest absolute Gasteiger partial charge is 0.337 e. The van der Waals surface area contributed by atoms with Crippen LogP contribution in [0.3, 0.4) is 0 Å². The average Bonchev–Trinajstić information content (AvgIpc) is 2.86. The number of fused-ring (bicyclic) bond motifs is 1. The van der Waals surface area contributed by atoms with Crippen molar-refractivity contribution in [1.82, 2.24) is 0 Å². The van der Waals surface area contributed by atoms with Gasteiger partial charge in [0, 0.05) is 16.1 Å². The molecule has 0 aliphatic carbocycles. The summed E-state index contributed by atoms with van der Waals surface area (Å²) in [6.45, 7) is 9.09. The van der Waals surface area contributed by atoms with E-state index in [4.69, 9.17) is 16.3 Å². The summed E-state index contributed by atoms with van der Waals surface area (Å²) in [5, 5.41) is 23.6. The maximum absolute atomic E-state index is 12.5. The second-order valence-electron chi connectivity index (χ2n) is 10.6. The highest BCUT2D eigenvalue weighted by atomic mass is 35.5. The van der Waals surface area contributed by atoms with Crippen molar-refractivity contribution < 1.29 is 19.7 Å². The summed E-state index contributed by atoms with van der Waals surface area (Å²) in [7, 11) is 0. The van der Waals surface area contributed by atoms with E-state index in [1.807, 2.05) is 94.4 Å². The molecular formula is C33H31ClO4. The molecule has 38 heavy (non-hydrogen) atoms. The number of carboxylic acids is 1. The lowest BCUT2D eigenvalue weighted by atomic mass is 9.86. The standard InChI is InChI=1S/C33H31ClO4/c1-21-19-24-12-11-22(17-18-33(5,37)25-9-7-6-8-10-25)20-27(24)29(23-13-15-26(34)16-14-23)28(21)30(31(35)36)38-32(2,3)4/h6-16,19-20,30,37H,1-5H3,(H,35,36)/t30?,33-/m1/s1. The van der Waals surface area contributed by atoms with Gasteiger partial charge in [0.1, 0.15) is 5.60 Å². The Balaban J connectivity index is 1.96. The molecule has 194 valence electrons. The predicted octanol–water partition coefficient (Wildman–Crippen LogP) is 7.67. The third-order valence-corrected chi connectivity index (χ3v) is 6.52. The molecule has 4 aromatic carbocycles. The Morgan fingerprint density at radius 1 is 0.947 bits per heavy atom. The second kappa shape index (κ2) is 10.6. The highest BCUT2D eigenvalue weighted by Gasteiger charge is 2.31. The van der Waals surface area contributed by atoms with Gasteiger partial charge in [-0.3, -0.25) is 0 Å². The van der Waals surface area contributed by atoms with Crippen LogP contribution in [0.2, 0.25) is 5.02 Å². The molecule has 1 unspecified atom stereocenters. The molecular weight excluding hydrogens is 496 g/mol. The molecule has 0 fully saturated rings. The molecule has 0 saturated carbocycles. The van der Waals surface area contributed by atoms with E-state index < -0.39 is 23.3 Å². The number of carboxylic acid groups (broad SMARTS) is 1. The summed E-state index contributed by atoms with van der Waals surface area (Å²) in [6, 6.07) is 24.4. The zero-order chi connectivity index (χ0) is 27.7. The Morgan fingerprint density at radius 2 is 1.61 bits per heavy atom. The first-order valence-electron chi connectivity index (χ1n) is 12.4. The SMILES string of the molecule is Cc1cc2ccc(C#C[C@@](C)(O)c3ccccc3)cc2c(-c2ccc(Cl)cc2)c1C(OC(C)(C)C)C(=O)O. The number of benzene rings is 4. The average molecular weight is 527 g/mol. The third-order valence-electron chi connectivity index (χ3n) is 6.27. The highest BCUT2D eigenvalue weighted by molar-refractivity contribution is 6.30. The summed E-state index contributed by atoms with van der Waals surface area (Å²) in [5.41, 5.74) is 2.36. The fraction of sp³-hybridized carbons (Fsp3) is 0.242. The van der Waals surface area contributed by atoms with E-state index in [1.165, 1.54) is 0 Å². The summed E-state index contributed by atoms with van der Waals surface area (Å²) >= 11 is 6.19. The summed E-state index contributed by atoms with van der Waals surface area (Å²) in [5.74, 6) is 5.05. The van der Waals surface area contributed by atoms with Crippen LogP contribution in [0, 0.1) is 18.8 Å². The first kappa shape index (κ1) is 27.4. The molecule has 4 rings (SSSR count). The van der Waals surface area contributed by atoms with Gasteiger partial charge in [0.2, 0.25) is 0 Å². The van der Waals surface area contributed by atoms with E-state index in [0.29, 0.717) is 21.7 Å². The Bertz CT molecular complexity index is 1540. The normalized spacial score (nSPS) is 13.9. The molecule has 2 atom stereocenters. The van der Waals surface area contributed by atoms with Crippen LogP contribution in [-0.4, -0.2) is 21.8 Å². The number of aryl methyl sites for hydroxylation is 1. The number of aliphatic carboxylic acids is 1. The van der Waals surface area contributed by atoms with Crippen molar-refractivity contribution in [3.05, 3.63) is 106 Å². The van der Waals surface area contributed by atoms with E-state index in [-0.39, 0.29) is 0 Å². The number of ether oxygens (including phenoxy) is 1. The minimum atomic E-state index is -1.33. The van der Waals surface area contributed by atoms with Crippen LogP contribution in [0.5, 0.6) is 0 Å². The van der Waals surface area contributed by atoms with Crippen LogP contribution in [0.15, 0.2) is 78.9 Å². The van der Waals surface area contributed by atoms with Crippen molar-refractivity contribution in [2.24, 2.45) is 0 Å². The van der Waals surface area contributed by atoms with Gasteiger partial charge >= 0.3 is 5.97 Å².